The summed E-state index contributed by atoms with van der Waals surface area (Å²) in [6, 6.07) is 6.09. The van der Waals surface area contributed by atoms with Gasteiger partial charge in [0.1, 0.15) is 11.5 Å². The second kappa shape index (κ2) is 7.57. The number of rotatable bonds is 4. The molecule has 0 saturated carbocycles. The van der Waals surface area contributed by atoms with Gasteiger partial charge in [-0.2, -0.15) is 13.2 Å². The number of nitrogens with one attached hydrogen (secondary N) is 1. The van der Waals surface area contributed by atoms with Gasteiger partial charge >= 0.3 is 6.18 Å². The van der Waals surface area contributed by atoms with Gasteiger partial charge in [0.15, 0.2) is 5.69 Å². The number of fused-ring (bicyclic) bond motifs is 1. The van der Waals surface area contributed by atoms with E-state index in [0.29, 0.717) is 6.07 Å². The summed E-state index contributed by atoms with van der Waals surface area (Å²) in [6.07, 6.45) is -6.47. The predicted octanol–water partition coefficient (Wildman–Crippen LogP) is 3.51. The van der Waals surface area contributed by atoms with Gasteiger partial charge in [-0.3, -0.25) is 14.0 Å². The highest BCUT2D eigenvalue weighted by Crippen LogP contribution is 2.29. The van der Waals surface area contributed by atoms with Gasteiger partial charge in [0.25, 0.3) is 17.9 Å². The molecule has 0 spiro atoms. The number of carbonyl (C=O) groups is 1. The fraction of sp³-hybridized carbons (Fsp3) is 0.167. The van der Waals surface area contributed by atoms with Gasteiger partial charge in [-0.1, -0.05) is 6.07 Å². The highest BCUT2D eigenvalue weighted by molar-refractivity contribution is 5.95. The van der Waals surface area contributed by atoms with Crippen LogP contribution in [0.5, 0.6) is 0 Å². The molecule has 0 aliphatic rings. The molecule has 0 radical (unpaired) electrons. The average molecular weight is 415 g/mol. The monoisotopic (exact) mass is 415 g/mol. The van der Waals surface area contributed by atoms with E-state index in [-0.39, 0.29) is 16.8 Å². The normalized spacial score (nSPS) is 11.8. The van der Waals surface area contributed by atoms with Gasteiger partial charge in [-0.05, 0) is 29.8 Å². The number of hydrogen-bond acceptors (Lipinski definition) is 3. The molecular weight excluding hydrogens is 404 g/mol. The third-order valence-electron chi connectivity index (χ3n) is 3.92. The van der Waals surface area contributed by atoms with E-state index in [0.717, 1.165) is 16.5 Å². The highest BCUT2D eigenvalue weighted by Gasteiger charge is 2.33. The molecule has 11 heteroatoms. The fourth-order valence-electron chi connectivity index (χ4n) is 2.63. The summed E-state index contributed by atoms with van der Waals surface area (Å²) in [5.74, 6) is -2.15. The number of halogens is 6. The Kier molecular flexibility index (Phi) is 5.31. The topological polar surface area (TPSA) is 63.5 Å². The van der Waals surface area contributed by atoms with Crippen molar-refractivity contribution in [3.63, 3.8) is 0 Å². The summed E-state index contributed by atoms with van der Waals surface area (Å²) < 4.78 is 78.5. The van der Waals surface area contributed by atoms with Gasteiger partial charge < -0.3 is 5.32 Å². The van der Waals surface area contributed by atoms with Crippen molar-refractivity contribution >= 4 is 11.6 Å². The summed E-state index contributed by atoms with van der Waals surface area (Å²) >= 11 is 0. The summed E-state index contributed by atoms with van der Waals surface area (Å²) in [4.78, 5) is 27.2. The third-order valence-corrected chi connectivity index (χ3v) is 3.92. The molecule has 0 fully saturated rings. The minimum absolute atomic E-state index is 0.00846. The van der Waals surface area contributed by atoms with Crippen LogP contribution < -0.4 is 10.9 Å². The maximum Gasteiger partial charge on any atom is 0.433 e. The van der Waals surface area contributed by atoms with Gasteiger partial charge in [0.2, 0.25) is 0 Å². The zero-order valence-electron chi connectivity index (χ0n) is 14.3. The minimum Gasteiger partial charge on any atom is -0.346 e. The third kappa shape index (κ3) is 4.23. The molecule has 0 bridgehead atoms. The molecule has 29 heavy (non-hydrogen) atoms. The fourth-order valence-corrected chi connectivity index (χ4v) is 2.63. The van der Waals surface area contributed by atoms with Crippen molar-refractivity contribution in [2.75, 3.05) is 6.54 Å². The van der Waals surface area contributed by atoms with Crippen LogP contribution >= 0.6 is 0 Å². The molecule has 2 aromatic heterocycles. The first-order valence-corrected chi connectivity index (χ1v) is 8.04. The number of amides is 1. The van der Waals surface area contributed by atoms with Crippen LogP contribution in [0.4, 0.5) is 26.3 Å². The zero-order chi connectivity index (χ0) is 21.3. The Balaban J connectivity index is 2.09. The molecule has 0 aliphatic heterocycles. The average Bonchev–Trinajstić information content (AvgIpc) is 2.64. The van der Waals surface area contributed by atoms with Crippen LogP contribution in [0.15, 0.2) is 47.4 Å². The Bertz CT molecular complexity index is 1140. The van der Waals surface area contributed by atoms with Crippen molar-refractivity contribution in [3.8, 4) is 11.1 Å². The number of benzene rings is 1. The quantitative estimate of drug-likeness (QED) is 0.664. The van der Waals surface area contributed by atoms with Crippen LogP contribution in [0.3, 0.4) is 0 Å². The van der Waals surface area contributed by atoms with E-state index < -0.39 is 47.7 Å². The molecule has 3 aromatic rings. The van der Waals surface area contributed by atoms with Crippen LogP contribution in [-0.4, -0.2) is 28.3 Å². The van der Waals surface area contributed by atoms with E-state index in [4.69, 9.17) is 0 Å². The number of pyridine rings is 1. The first-order chi connectivity index (χ1) is 13.6. The second-order valence-electron chi connectivity index (χ2n) is 5.89. The van der Waals surface area contributed by atoms with E-state index in [1.165, 1.54) is 24.4 Å². The molecule has 2 heterocycles. The maximum absolute atomic E-state index is 14.3. The van der Waals surface area contributed by atoms with E-state index in [2.05, 4.69) is 4.98 Å². The Labute approximate surface area is 158 Å². The summed E-state index contributed by atoms with van der Waals surface area (Å²) in [5.41, 5.74) is -3.21. The molecule has 152 valence electrons. The summed E-state index contributed by atoms with van der Waals surface area (Å²) in [6.45, 7) is -0.962. The van der Waals surface area contributed by atoms with Crippen LogP contribution in [0.1, 0.15) is 16.1 Å². The van der Waals surface area contributed by atoms with E-state index >= 15 is 0 Å². The standard InChI is InChI=1S/C18H11F6N3O2/c19-12-6-9(3-4-11(12)17(29)25-8-14(20)21)10-2-1-5-27-15(28)7-13(18(22,23)24)26-16(10)27/h1-7,14H,8H2,(H,25,29). The number of aromatic nitrogens is 2. The lowest BCUT2D eigenvalue weighted by atomic mass is 10.0. The molecule has 1 aromatic carbocycles. The highest BCUT2D eigenvalue weighted by atomic mass is 19.4. The molecular formula is C18H11F6N3O2. The van der Waals surface area contributed by atoms with E-state index in [1.807, 2.05) is 5.32 Å². The molecule has 0 atom stereocenters. The minimum atomic E-state index is -4.86. The molecule has 3 rings (SSSR count). The van der Waals surface area contributed by atoms with Crippen LogP contribution in [-0.2, 0) is 6.18 Å². The zero-order valence-corrected chi connectivity index (χ0v) is 14.3. The van der Waals surface area contributed by atoms with Crippen molar-refractivity contribution < 1.29 is 31.1 Å². The first-order valence-electron chi connectivity index (χ1n) is 8.04. The Morgan fingerprint density at radius 2 is 1.90 bits per heavy atom. The van der Waals surface area contributed by atoms with Gasteiger partial charge in [-0.25, -0.2) is 18.2 Å². The van der Waals surface area contributed by atoms with Gasteiger partial charge in [0.05, 0.1) is 12.1 Å². The number of carbonyl (C=O) groups excluding carboxylic acids is 1. The summed E-state index contributed by atoms with van der Waals surface area (Å²) in [5, 5.41) is 1.85. The number of hydrogen-bond donors (Lipinski definition) is 1. The van der Waals surface area contributed by atoms with Crippen molar-refractivity contribution in [2.45, 2.75) is 12.6 Å². The van der Waals surface area contributed by atoms with Crippen molar-refractivity contribution in [2.24, 2.45) is 0 Å². The van der Waals surface area contributed by atoms with Gasteiger partial charge in [-0.15, -0.1) is 0 Å². The van der Waals surface area contributed by atoms with Crippen LogP contribution in [0.25, 0.3) is 16.8 Å². The first kappa shape index (κ1) is 20.4. The smallest absolute Gasteiger partial charge is 0.346 e. The van der Waals surface area contributed by atoms with Crippen molar-refractivity contribution in [1.29, 1.82) is 0 Å². The van der Waals surface area contributed by atoms with Crippen molar-refractivity contribution in [1.82, 2.24) is 14.7 Å². The molecule has 5 nitrogen and oxygen atoms in total. The molecule has 0 aliphatic carbocycles. The van der Waals surface area contributed by atoms with Crippen LogP contribution in [0.2, 0.25) is 0 Å². The predicted molar refractivity (Wildman–Crippen MR) is 90.2 cm³/mol. The number of nitrogens with zero attached hydrogens (tertiary/aromatic N) is 2. The maximum atomic E-state index is 14.3. The Morgan fingerprint density at radius 1 is 1.17 bits per heavy atom. The lowest BCUT2D eigenvalue weighted by molar-refractivity contribution is -0.141. The lowest BCUT2D eigenvalue weighted by Gasteiger charge is -2.12. The van der Waals surface area contributed by atoms with E-state index in [9.17, 15) is 35.9 Å². The van der Waals surface area contributed by atoms with Crippen LogP contribution in [0, 0.1) is 5.82 Å². The van der Waals surface area contributed by atoms with Gasteiger partial charge in [0, 0.05) is 17.8 Å². The Morgan fingerprint density at radius 3 is 2.52 bits per heavy atom. The van der Waals surface area contributed by atoms with Crippen molar-refractivity contribution in [3.05, 3.63) is 70.0 Å². The summed E-state index contributed by atoms with van der Waals surface area (Å²) in [7, 11) is 0. The largest absolute Gasteiger partial charge is 0.433 e. The second-order valence-corrected chi connectivity index (χ2v) is 5.89. The molecule has 0 saturated heterocycles. The number of alkyl halides is 5. The van der Waals surface area contributed by atoms with E-state index in [1.54, 1.807) is 0 Å². The Hall–Kier alpha value is -3.37. The molecule has 1 amide bonds. The molecule has 1 N–H and O–H groups in total. The molecule has 0 unspecified atom stereocenters. The lowest BCUT2D eigenvalue weighted by Crippen LogP contribution is -2.29. The SMILES string of the molecule is O=C(NCC(F)F)c1ccc(-c2cccn3c(=O)cc(C(F)(F)F)nc23)cc1F.